The van der Waals surface area contributed by atoms with Crippen molar-refractivity contribution < 1.29 is 9.47 Å². The molecular formula is C22H26N4O2. The third kappa shape index (κ3) is 6.02. The van der Waals surface area contributed by atoms with E-state index in [0.717, 1.165) is 55.5 Å². The molecule has 0 atom stereocenters. The second kappa shape index (κ2) is 10.4. The van der Waals surface area contributed by atoms with Crippen LogP contribution in [0.1, 0.15) is 11.3 Å². The molecule has 0 saturated carbocycles. The Morgan fingerprint density at radius 2 is 2.11 bits per heavy atom. The molecule has 6 heteroatoms. The van der Waals surface area contributed by atoms with Crippen LogP contribution in [0.5, 0.6) is 5.75 Å². The van der Waals surface area contributed by atoms with Gasteiger partial charge in [0, 0.05) is 67.7 Å². The summed E-state index contributed by atoms with van der Waals surface area (Å²) in [5.41, 5.74) is 3.44. The predicted octanol–water partition coefficient (Wildman–Crippen LogP) is 2.85. The standard InChI is InChI=1S/C22H26N4O2/c1-24-20-6-4-18(5-7-20)2-3-19(16-23)14-21-15-22(17-25-21)28-13-10-26-8-11-27-12-9-26/h4-7,14-17,23-25H,8-13H2,1H3/b19-14-,23-16?. The van der Waals surface area contributed by atoms with E-state index in [0.29, 0.717) is 12.2 Å². The quantitative estimate of drug-likeness (QED) is 0.512. The molecule has 3 N–H and O–H groups in total. The zero-order valence-electron chi connectivity index (χ0n) is 16.1. The Hall–Kier alpha value is -3.01. The van der Waals surface area contributed by atoms with Crippen LogP contribution in [-0.4, -0.2) is 62.6 Å². The summed E-state index contributed by atoms with van der Waals surface area (Å²) >= 11 is 0. The molecule has 0 radical (unpaired) electrons. The van der Waals surface area contributed by atoms with E-state index in [9.17, 15) is 0 Å². The Labute approximate surface area is 166 Å². The van der Waals surface area contributed by atoms with Gasteiger partial charge in [0.15, 0.2) is 0 Å². The lowest BCUT2D eigenvalue weighted by atomic mass is 10.1. The fraction of sp³-hybridized carbons (Fsp3) is 0.318. The number of aromatic amines is 1. The number of rotatable bonds is 7. The summed E-state index contributed by atoms with van der Waals surface area (Å²) in [5, 5.41) is 10.7. The van der Waals surface area contributed by atoms with Crippen molar-refractivity contribution >= 4 is 18.0 Å². The summed E-state index contributed by atoms with van der Waals surface area (Å²) in [6, 6.07) is 9.78. The number of H-pyrrole nitrogens is 1. The Bertz CT molecular complexity index is 853. The monoisotopic (exact) mass is 378 g/mol. The first-order valence-electron chi connectivity index (χ1n) is 9.40. The number of benzene rings is 1. The fourth-order valence-electron chi connectivity index (χ4n) is 2.82. The Kier molecular flexibility index (Phi) is 7.30. The van der Waals surface area contributed by atoms with Gasteiger partial charge < -0.3 is 25.2 Å². The van der Waals surface area contributed by atoms with Crippen LogP contribution in [-0.2, 0) is 4.74 Å². The number of hydrogen-bond donors (Lipinski definition) is 3. The molecule has 3 rings (SSSR count). The smallest absolute Gasteiger partial charge is 0.137 e. The largest absolute Gasteiger partial charge is 0.491 e. The highest BCUT2D eigenvalue weighted by molar-refractivity contribution is 5.89. The van der Waals surface area contributed by atoms with Crippen LogP contribution in [0.2, 0.25) is 0 Å². The highest BCUT2D eigenvalue weighted by Crippen LogP contribution is 2.15. The summed E-state index contributed by atoms with van der Waals surface area (Å²) in [4.78, 5) is 5.49. The van der Waals surface area contributed by atoms with Crippen molar-refractivity contribution in [3.05, 3.63) is 53.4 Å². The first-order chi connectivity index (χ1) is 13.8. The zero-order valence-corrected chi connectivity index (χ0v) is 16.1. The van der Waals surface area contributed by atoms with Crippen LogP contribution in [0.3, 0.4) is 0 Å². The molecule has 0 unspecified atom stereocenters. The van der Waals surface area contributed by atoms with Crippen molar-refractivity contribution in [2.75, 3.05) is 51.8 Å². The van der Waals surface area contributed by atoms with Gasteiger partial charge in [-0.05, 0) is 30.3 Å². The number of morpholine rings is 1. The number of allylic oxidation sites excluding steroid dienone is 1. The lowest BCUT2D eigenvalue weighted by molar-refractivity contribution is 0.0322. The maximum absolute atomic E-state index is 7.60. The van der Waals surface area contributed by atoms with Gasteiger partial charge in [-0.2, -0.15) is 0 Å². The number of anilines is 1. The first-order valence-corrected chi connectivity index (χ1v) is 9.40. The summed E-state index contributed by atoms with van der Waals surface area (Å²) in [5.74, 6) is 6.91. The van der Waals surface area contributed by atoms with Crippen LogP contribution in [0, 0.1) is 17.3 Å². The van der Waals surface area contributed by atoms with E-state index >= 15 is 0 Å². The first kappa shape index (κ1) is 19.7. The number of aromatic nitrogens is 1. The van der Waals surface area contributed by atoms with E-state index in [4.69, 9.17) is 14.9 Å². The molecule has 0 amide bonds. The van der Waals surface area contributed by atoms with Gasteiger partial charge in [0.1, 0.15) is 12.4 Å². The lowest BCUT2D eigenvalue weighted by Crippen LogP contribution is -2.38. The Morgan fingerprint density at radius 1 is 1.32 bits per heavy atom. The predicted molar refractivity (Wildman–Crippen MR) is 113 cm³/mol. The van der Waals surface area contributed by atoms with Crippen molar-refractivity contribution in [2.24, 2.45) is 0 Å². The van der Waals surface area contributed by atoms with Gasteiger partial charge in [0.05, 0.1) is 13.2 Å². The Morgan fingerprint density at radius 3 is 2.82 bits per heavy atom. The summed E-state index contributed by atoms with van der Waals surface area (Å²) in [6.45, 7) is 5.05. The van der Waals surface area contributed by atoms with Gasteiger partial charge >= 0.3 is 0 Å². The molecule has 0 spiro atoms. The second-order valence-corrected chi connectivity index (χ2v) is 6.41. The van der Waals surface area contributed by atoms with Crippen LogP contribution in [0.15, 0.2) is 42.1 Å². The van der Waals surface area contributed by atoms with E-state index in [2.05, 4.69) is 27.0 Å². The third-order valence-electron chi connectivity index (χ3n) is 4.45. The molecule has 1 aromatic heterocycles. The molecule has 0 bridgehead atoms. The van der Waals surface area contributed by atoms with Gasteiger partial charge in [-0.25, -0.2) is 0 Å². The SMILES string of the molecule is CNc1ccc(C#C/C(C=N)=C/c2cc(OCCN3CCOCC3)c[nH]2)cc1. The molecule has 28 heavy (non-hydrogen) atoms. The maximum Gasteiger partial charge on any atom is 0.137 e. The van der Waals surface area contributed by atoms with Crippen molar-refractivity contribution in [3.8, 4) is 17.6 Å². The van der Waals surface area contributed by atoms with Crippen LogP contribution in [0.25, 0.3) is 6.08 Å². The molecule has 1 saturated heterocycles. The van der Waals surface area contributed by atoms with Gasteiger partial charge in [0.25, 0.3) is 0 Å². The van der Waals surface area contributed by atoms with Gasteiger partial charge in [-0.3, -0.25) is 4.90 Å². The lowest BCUT2D eigenvalue weighted by Gasteiger charge is -2.26. The summed E-state index contributed by atoms with van der Waals surface area (Å²) < 4.78 is 11.2. The average molecular weight is 378 g/mol. The molecule has 146 valence electrons. The topological polar surface area (TPSA) is 73.4 Å². The molecule has 0 aliphatic carbocycles. The molecule has 2 aromatic rings. The molecular weight excluding hydrogens is 352 g/mol. The number of hydrogen-bond acceptors (Lipinski definition) is 5. The molecule has 1 aliphatic heterocycles. The van der Waals surface area contributed by atoms with Crippen molar-refractivity contribution in [1.29, 1.82) is 5.41 Å². The summed E-state index contributed by atoms with van der Waals surface area (Å²) in [6.07, 6.45) is 4.93. The third-order valence-corrected chi connectivity index (χ3v) is 4.45. The summed E-state index contributed by atoms with van der Waals surface area (Å²) in [7, 11) is 1.88. The van der Waals surface area contributed by atoms with E-state index in [-0.39, 0.29) is 0 Å². The highest BCUT2D eigenvalue weighted by atomic mass is 16.5. The van der Waals surface area contributed by atoms with Crippen molar-refractivity contribution in [3.63, 3.8) is 0 Å². The maximum atomic E-state index is 7.60. The molecule has 1 fully saturated rings. The van der Waals surface area contributed by atoms with Crippen molar-refractivity contribution in [1.82, 2.24) is 9.88 Å². The molecule has 2 heterocycles. The van der Waals surface area contributed by atoms with E-state index in [1.807, 2.05) is 49.7 Å². The minimum Gasteiger partial charge on any atom is -0.491 e. The van der Waals surface area contributed by atoms with Gasteiger partial charge in [-0.15, -0.1) is 0 Å². The van der Waals surface area contributed by atoms with Crippen LogP contribution >= 0.6 is 0 Å². The average Bonchev–Trinajstić information content (AvgIpc) is 3.19. The van der Waals surface area contributed by atoms with Gasteiger partial charge in [0.2, 0.25) is 0 Å². The minimum absolute atomic E-state index is 0.624. The fourth-order valence-corrected chi connectivity index (χ4v) is 2.82. The van der Waals surface area contributed by atoms with Crippen LogP contribution in [0.4, 0.5) is 5.69 Å². The number of nitrogens with one attached hydrogen (secondary N) is 3. The van der Waals surface area contributed by atoms with E-state index in [1.165, 1.54) is 6.21 Å². The highest BCUT2D eigenvalue weighted by Gasteiger charge is 2.09. The zero-order chi connectivity index (χ0) is 19.6. The van der Waals surface area contributed by atoms with E-state index < -0.39 is 0 Å². The second-order valence-electron chi connectivity index (χ2n) is 6.41. The molecule has 1 aromatic carbocycles. The minimum atomic E-state index is 0.624. The molecule has 1 aliphatic rings. The van der Waals surface area contributed by atoms with Gasteiger partial charge in [-0.1, -0.05) is 11.8 Å². The normalized spacial score (nSPS) is 14.8. The van der Waals surface area contributed by atoms with Crippen LogP contribution < -0.4 is 10.1 Å². The van der Waals surface area contributed by atoms with E-state index in [1.54, 1.807) is 0 Å². The Balaban J connectivity index is 1.55. The molecule has 6 nitrogen and oxygen atoms in total. The number of ether oxygens (including phenoxy) is 2. The number of nitrogens with zero attached hydrogens (tertiary/aromatic N) is 1. The van der Waals surface area contributed by atoms with Crippen molar-refractivity contribution in [2.45, 2.75) is 0 Å².